The van der Waals surface area contributed by atoms with Crippen LogP contribution in [-0.2, 0) is 16.1 Å². The fourth-order valence-electron chi connectivity index (χ4n) is 3.05. The number of aromatic nitrogens is 2. The summed E-state index contributed by atoms with van der Waals surface area (Å²) in [6.07, 6.45) is 1.49. The van der Waals surface area contributed by atoms with Crippen LogP contribution in [0.4, 0.5) is 26.7 Å². The Labute approximate surface area is 193 Å². The molecule has 7 nitrogen and oxygen atoms in total. The van der Waals surface area contributed by atoms with Crippen LogP contribution in [0.1, 0.15) is 23.0 Å². The Bertz CT molecular complexity index is 1280. The Morgan fingerprint density at radius 2 is 1.82 bits per heavy atom. The van der Waals surface area contributed by atoms with Crippen molar-refractivity contribution in [3.63, 3.8) is 0 Å². The quantitative estimate of drug-likeness (QED) is 0.367. The van der Waals surface area contributed by atoms with E-state index in [1.807, 2.05) is 30.3 Å². The van der Waals surface area contributed by atoms with Crippen LogP contribution in [0.5, 0.6) is 0 Å². The van der Waals surface area contributed by atoms with Crippen LogP contribution in [0.2, 0.25) is 0 Å². The number of carbonyl (C=O) groups is 2. The third-order valence-corrected chi connectivity index (χ3v) is 5.44. The number of hydrogen-bond acceptors (Lipinski definition) is 7. The maximum absolute atomic E-state index is 14.0. The summed E-state index contributed by atoms with van der Waals surface area (Å²) in [5, 5.41) is 5.03. The van der Waals surface area contributed by atoms with E-state index >= 15 is 0 Å². The second-order valence-corrected chi connectivity index (χ2v) is 7.73. The van der Waals surface area contributed by atoms with Gasteiger partial charge in [0.05, 0.1) is 17.1 Å². The molecule has 0 fully saturated rings. The Morgan fingerprint density at radius 1 is 1.06 bits per heavy atom. The molecule has 0 unspecified atom stereocenters. The van der Waals surface area contributed by atoms with Crippen molar-refractivity contribution >= 4 is 45.5 Å². The Morgan fingerprint density at radius 3 is 2.58 bits per heavy atom. The van der Waals surface area contributed by atoms with E-state index in [0.717, 1.165) is 0 Å². The molecule has 4 aromatic rings. The predicted molar refractivity (Wildman–Crippen MR) is 124 cm³/mol. The number of anilines is 4. The maximum Gasteiger partial charge on any atom is 0.342 e. The minimum absolute atomic E-state index is 0.0934. The van der Waals surface area contributed by atoms with Gasteiger partial charge in [-0.15, -0.1) is 11.3 Å². The zero-order valence-electron chi connectivity index (χ0n) is 17.6. The summed E-state index contributed by atoms with van der Waals surface area (Å²) in [5.41, 5.74) is 1.55. The first-order valence-electron chi connectivity index (χ1n) is 9.97. The summed E-state index contributed by atoms with van der Waals surface area (Å²) in [6.45, 7) is 1.37. The molecule has 0 radical (unpaired) electrons. The number of para-hydroxylation sites is 2. The number of thiazole rings is 1. The average molecular weight is 463 g/mol. The number of ether oxygens (including phenoxy) is 1. The molecule has 1 amide bonds. The van der Waals surface area contributed by atoms with Gasteiger partial charge in [0.15, 0.2) is 5.13 Å². The summed E-state index contributed by atoms with van der Waals surface area (Å²) in [4.78, 5) is 35.0. The van der Waals surface area contributed by atoms with Gasteiger partial charge in [0.2, 0.25) is 5.91 Å². The van der Waals surface area contributed by atoms with Gasteiger partial charge in [0, 0.05) is 18.5 Å². The molecule has 0 aliphatic heterocycles. The number of amides is 1. The predicted octanol–water partition coefficient (Wildman–Crippen LogP) is 5.46. The highest BCUT2D eigenvalue weighted by Crippen LogP contribution is 2.29. The molecule has 33 heavy (non-hydrogen) atoms. The van der Waals surface area contributed by atoms with Crippen LogP contribution < -0.4 is 10.2 Å². The Hall–Kier alpha value is -4.11. The van der Waals surface area contributed by atoms with E-state index < -0.39 is 11.8 Å². The van der Waals surface area contributed by atoms with Gasteiger partial charge < -0.3 is 10.1 Å². The van der Waals surface area contributed by atoms with Crippen molar-refractivity contribution in [2.75, 3.05) is 10.2 Å². The van der Waals surface area contributed by atoms with Gasteiger partial charge in [-0.2, -0.15) is 0 Å². The van der Waals surface area contributed by atoms with Crippen LogP contribution in [0.15, 0.2) is 78.3 Å². The normalized spacial score (nSPS) is 10.5. The first kappa shape index (κ1) is 22.1. The molecule has 9 heteroatoms. The first-order valence-corrected chi connectivity index (χ1v) is 10.8. The summed E-state index contributed by atoms with van der Waals surface area (Å²) < 4.78 is 19.4. The molecule has 0 spiro atoms. The number of carbonyl (C=O) groups excluding carboxylic acids is 2. The standard InChI is InChI=1S/C24H19FN4O3S/c1-16(30)29(18-8-3-2-4-9-18)24-27-17(15-33-24)14-32-23(31)19-10-7-13-26-22(19)28-21-12-6-5-11-20(21)25/h2-13,15H,14H2,1H3,(H,26,28). The van der Waals surface area contributed by atoms with Gasteiger partial charge in [0.1, 0.15) is 23.8 Å². The van der Waals surface area contributed by atoms with Crippen molar-refractivity contribution in [2.24, 2.45) is 0 Å². The summed E-state index contributed by atoms with van der Waals surface area (Å²) in [7, 11) is 0. The van der Waals surface area contributed by atoms with E-state index in [2.05, 4.69) is 15.3 Å². The molecule has 2 aromatic carbocycles. The fraction of sp³-hybridized carbons (Fsp3) is 0.0833. The third kappa shape index (κ3) is 5.21. The van der Waals surface area contributed by atoms with Gasteiger partial charge >= 0.3 is 5.97 Å². The van der Waals surface area contributed by atoms with Crippen molar-refractivity contribution in [2.45, 2.75) is 13.5 Å². The van der Waals surface area contributed by atoms with Crippen molar-refractivity contribution in [1.29, 1.82) is 0 Å². The minimum Gasteiger partial charge on any atom is -0.455 e. The number of benzene rings is 2. The van der Waals surface area contributed by atoms with E-state index in [9.17, 15) is 14.0 Å². The van der Waals surface area contributed by atoms with E-state index in [0.29, 0.717) is 16.5 Å². The minimum atomic E-state index is -0.636. The van der Waals surface area contributed by atoms with Crippen LogP contribution in [0.25, 0.3) is 0 Å². The molecule has 1 N–H and O–H groups in total. The van der Waals surface area contributed by atoms with Crippen molar-refractivity contribution in [3.05, 3.63) is 95.4 Å². The molecule has 0 bridgehead atoms. The van der Waals surface area contributed by atoms with Crippen molar-refractivity contribution in [1.82, 2.24) is 9.97 Å². The molecule has 0 atom stereocenters. The molecular formula is C24H19FN4O3S. The van der Waals surface area contributed by atoms with Gasteiger partial charge in [-0.1, -0.05) is 30.3 Å². The third-order valence-electron chi connectivity index (χ3n) is 4.57. The lowest BCUT2D eigenvalue weighted by Crippen LogP contribution is -2.22. The molecule has 0 saturated carbocycles. The number of pyridine rings is 1. The van der Waals surface area contributed by atoms with Crippen molar-refractivity contribution in [3.8, 4) is 0 Å². The van der Waals surface area contributed by atoms with Gasteiger partial charge in [-0.05, 0) is 36.4 Å². The first-order chi connectivity index (χ1) is 16.0. The number of nitrogens with zero attached hydrogens (tertiary/aromatic N) is 3. The molecule has 0 saturated heterocycles. The summed E-state index contributed by atoms with van der Waals surface area (Å²) >= 11 is 1.27. The monoisotopic (exact) mass is 462 g/mol. The lowest BCUT2D eigenvalue weighted by Gasteiger charge is -2.17. The Balaban J connectivity index is 1.47. The highest BCUT2D eigenvalue weighted by atomic mass is 32.1. The number of nitrogens with one attached hydrogen (secondary N) is 1. The molecule has 2 aromatic heterocycles. The fourth-order valence-corrected chi connectivity index (χ4v) is 3.92. The zero-order valence-corrected chi connectivity index (χ0v) is 18.4. The van der Waals surface area contributed by atoms with Gasteiger partial charge in [0.25, 0.3) is 0 Å². The van der Waals surface area contributed by atoms with Crippen molar-refractivity contribution < 1.29 is 18.7 Å². The topological polar surface area (TPSA) is 84.4 Å². The molecule has 2 heterocycles. The number of rotatable bonds is 7. The second kappa shape index (κ2) is 10.0. The lowest BCUT2D eigenvalue weighted by atomic mass is 10.2. The summed E-state index contributed by atoms with van der Waals surface area (Å²) in [5.74, 6) is -1.11. The van der Waals surface area contributed by atoms with E-state index in [1.165, 1.54) is 41.5 Å². The lowest BCUT2D eigenvalue weighted by molar-refractivity contribution is -0.115. The van der Waals surface area contributed by atoms with E-state index in [4.69, 9.17) is 4.74 Å². The molecule has 0 aliphatic carbocycles. The smallest absolute Gasteiger partial charge is 0.342 e. The SMILES string of the molecule is CC(=O)N(c1ccccc1)c1nc(COC(=O)c2cccnc2Nc2ccccc2F)cs1. The average Bonchev–Trinajstić information content (AvgIpc) is 3.28. The molecular weight excluding hydrogens is 443 g/mol. The largest absolute Gasteiger partial charge is 0.455 e. The van der Waals surface area contributed by atoms with E-state index in [1.54, 1.807) is 29.6 Å². The molecule has 4 rings (SSSR count). The van der Waals surface area contributed by atoms with Gasteiger partial charge in [-0.25, -0.2) is 19.2 Å². The van der Waals surface area contributed by atoms with E-state index in [-0.39, 0.29) is 29.6 Å². The molecule has 0 aliphatic rings. The van der Waals surface area contributed by atoms with Crippen LogP contribution >= 0.6 is 11.3 Å². The number of esters is 1. The molecule has 166 valence electrons. The van der Waals surface area contributed by atoms with Crippen LogP contribution in [0.3, 0.4) is 0 Å². The highest BCUT2D eigenvalue weighted by molar-refractivity contribution is 7.14. The van der Waals surface area contributed by atoms with Gasteiger partial charge in [-0.3, -0.25) is 9.69 Å². The maximum atomic E-state index is 14.0. The second-order valence-electron chi connectivity index (χ2n) is 6.89. The number of hydrogen-bond donors (Lipinski definition) is 1. The summed E-state index contributed by atoms with van der Waals surface area (Å²) in [6, 6.07) is 18.4. The van der Waals surface area contributed by atoms with Crippen LogP contribution in [0, 0.1) is 5.82 Å². The number of halogens is 1. The Kier molecular flexibility index (Phi) is 6.70. The van der Waals surface area contributed by atoms with Crippen LogP contribution in [-0.4, -0.2) is 21.8 Å². The highest BCUT2D eigenvalue weighted by Gasteiger charge is 2.19. The zero-order chi connectivity index (χ0) is 23.2.